The molecule has 0 aliphatic carbocycles. The molecule has 0 radical (unpaired) electrons. The minimum Gasteiger partial charge on any atom is -0.298 e. The van der Waals surface area contributed by atoms with Crippen LogP contribution in [0.3, 0.4) is 0 Å². The van der Waals surface area contributed by atoms with Crippen LogP contribution < -0.4 is 0 Å². The summed E-state index contributed by atoms with van der Waals surface area (Å²) in [7, 11) is -3.34. The Kier molecular flexibility index (Phi) is 5.86. The van der Waals surface area contributed by atoms with E-state index >= 15 is 0 Å². The maximum Gasteiger partial charge on any atom is 0.416 e. The second-order valence-corrected chi connectivity index (χ2v) is 9.94. The molecule has 0 spiro atoms. The van der Waals surface area contributed by atoms with Crippen molar-refractivity contribution in [2.75, 3.05) is 25.4 Å². The highest BCUT2D eigenvalue weighted by atomic mass is 32.2. The van der Waals surface area contributed by atoms with Crippen molar-refractivity contribution in [2.24, 2.45) is 0 Å². The van der Waals surface area contributed by atoms with E-state index in [1.54, 1.807) is 6.20 Å². The first-order valence-corrected chi connectivity index (χ1v) is 11.6. The molecule has 4 rings (SSSR count). The van der Waals surface area contributed by atoms with E-state index in [-0.39, 0.29) is 24.9 Å². The molecule has 0 saturated carbocycles. The second-order valence-electron chi connectivity index (χ2n) is 7.92. The normalized spacial score (nSPS) is 23.1. The molecule has 2 fully saturated rings. The highest BCUT2D eigenvalue weighted by Gasteiger charge is 2.39. The van der Waals surface area contributed by atoms with E-state index in [0.717, 1.165) is 38.1 Å². The lowest BCUT2D eigenvalue weighted by molar-refractivity contribution is -0.137. The molecule has 2 saturated heterocycles. The maximum atomic E-state index is 12.7. The zero-order valence-corrected chi connectivity index (χ0v) is 17.2. The van der Waals surface area contributed by atoms with Gasteiger partial charge in [-0.25, -0.2) is 13.1 Å². The molecule has 3 heterocycles. The maximum absolute atomic E-state index is 12.7. The SMILES string of the molecule is O=S1(=O)CC(N2CCCCC2)CN1Cc1cn(Cc2ccc(C(F)(F)F)cc2)nn1. The van der Waals surface area contributed by atoms with Crippen LogP contribution in [0.5, 0.6) is 0 Å². The first kappa shape index (κ1) is 21.3. The van der Waals surface area contributed by atoms with Crippen LogP contribution >= 0.6 is 0 Å². The van der Waals surface area contributed by atoms with Crippen LogP contribution in [-0.2, 0) is 29.3 Å². The van der Waals surface area contributed by atoms with Gasteiger partial charge in [0.15, 0.2) is 0 Å². The summed E-state index contributed by atoms with van der Waals surface area (Å²) in [5.41, 5.74) is 0.469. The van der Waals surface area contributed by atoms with Gasteiger partial charge in [0.25, 0.3) is 0 Å². The predicted molar refractivity (Wildman–Crippen MR) is 104 cm³/mol. The molecule has 1 atom stereocenters. The van der Waals surface area contributed by atoms with E-state index in [9.17, 15) is 21.6 Å². The Morgan fingerprint density at radius 2 is 1.73 bits per heavy atom. The number of halogens is 3. The number of sulfonamides is 1. The number of aromatic nitrogens is 3. The fourth-order valence-corrected chi connectivity index (χ4v) is 5.81. The zero-order valence-electron chi connectivity index (χ0n) is 16.4. The average molecular weight is 443 g/mol. The van der Waals surface area contributed by atoms with E-state index in [0.29, 0.717) is 17.8 Å². The molecule has 30 heavy (non-hydrogen) atoms. The summed E-state index contributed by atoms with van der Waals surface area (Å²) in [4.78, 5) is 2.27. The average Bonchev–Trinajstić information content (AvgIpc) is 3.26. The van der Waals surface area contributed by atoms with Crippen molar-refractivity contribution >= 4 is 10.0 Å². The van der Waals surface area contributed by atoms with Crippen molar-refractivity contribution in [1.82, 2.24) is 24.2 Å². The van der Waals surface area contributed by atoms with Crippen molar-refractivity contribution in [2.45, 2.75) is 44.6 Å². The topological polar surface area (TPSA) is 71.3 Å². The highest BCUT2D eigenvalue weighted by molar-refractivity contribution is 7.89. The van der Waals surface area contributed by atoms with Gasteiger partial charge in [0.1, 0.15) is 0 Å². The van der Waals surface area contributed by atoms with Crippen LogP contribution in [0.25, 0.3) is 0 Å². The van der Waals surface area contributed by atoms with Gasteiger partial charge in [0.05, 0.1) is 36.3 Å². The monoisotopic (exact) mass is 443 g/mol. The summed E-state index contributed by atoms with van der Waals surface area (Å²) in [5, 5.41) is 8.04. The third-order valence-electron chi connectivity index (χ3n) is 5.67. The van der Waals surface area contributed by atoms with E-state index in [2.05, 4.69) is 15.2 Å². The second kappa shape index (κ2) is 8.27. The van der Waals surface area contributed by atoms with Gasteiger partial charge < -0.3 is 0 Å². The van der Waals surface area contributed by atoms with Crippen molar-refractivity contribution in [3.63, 3.8) is 0 Å². The standard InChI is InChI=1S/C19H24F3N5O2S/c20-19(21,22)16-6-4-15(5-7-16)10-26-11-17(23-24-26)12-27-13-18(14-30(27,28)29)25-8-2-1-3-9-25/h4-7,11,18H,1-3,8-10,12-14H2. The van der Waals surface area contributed by atoms with Crippen LogP contribution in [0.4, 0.5) is 13.2 Å². The van der Waals surface area contributed by atoms with Gasteiger partial charge in [0, 0.05) is 12.6 Å². The van der Waals surface area contributed by atoms with Crippen LogP contribution in [-0.4, -0.2) is 64.0 Å². The van der Waals surface area contributed by atoms with Gasteiger partial charge >= 0.3 is 6.18 Å². The zero-order chi connectivity index (χ0) is 21.4. The quantitative estimate of drug-likeness (QED) is 0.710. The fraction of sp³-hybridized carbons (Fsp3) is 0.579. The first-order valence-electron chi connectivity index (χ1n) is 9.98. The summed E-state index contributed by atoms with van der Waals surface area (Å²) in [6.07, 6.45) is 0.680. The minimum absolute atomic E-state index is 0.0116. The van der Waals surface area contributed by atoms with Crippen LogP contribution in [0.15, 0.2) is 30.5 Å². The molecule has 1 aromatic heterocycles. The summed E-state index contributed by atoms with van der Waals surface area (Å²) < 4.78 is 66.1. The van der Waals surface area contributed by atoms with Crippen LogP contribution in [0.1, 0.15) is 36.1 Å². The van der Waals surface area contributed by atoms with Gasteiger partial charge in [-0.3, -0.25) is 4.90 Å². The van der Waals surface area contributed by atoms with Crippen molar-refractivity contribution in [3.05, 3.63) is 47.3 Å². The molecular formula is C19H24F3N5O2S. The lowest BCUT2D eigenvalue weighted by Crippen LogP contribution is -2.42. The van der Waals surface area contributed by atoms with Gasteiger partial charge in [-0.1, -0.05) is 23.8 Å². The highest BCUT2D eigenvalue weighted by Crippen LogP contribution is 2.29. The number of likely N-dealkylation sites (tertiary alicyclic amines) is 1. The number of hydrogen-bond donors (Lipinski definition) is 0. The Hall–Kier alpha value is -1.98. The lowest BCUT2D eigenvalue weighted by atomic mass is 10.1. The molecule has 0 bridgehead atoms. The molecule has 1 aromatic carbocycles. The molecular weight excluding hydrogens is 419 g/mol. The Balaban J connectivity index is 1.38. The third kappa shape index (κ3) is 4.84. The lowest BCUT2D eigenvalue weighted by Gasteiger charge is -2.31. The van der Waals surface area contributed by atoms with Gasteiger partial charge in [0.2, 0.25) is 10.0 Å². The Morgan fingerprint density at radius 3 is 2.40 bits per heavy atom. The van der Waals surface area contributed by atoms with Crippen LogP contribution in [0.2, 0.25) is 0 Å². The van der Waals surface area contributed by atoms with E-state index < -0.39 is 21.8 Å². The molecule has 2 aliphatic heterocycles. The summed E-state index contributed by atoms with van der Waals surface area (Å²) >= 11 is 0. The van der Waals surface area contributed by atoms with Crippen molar-refractivity contribution in [3.8, 4) is 0 Å². The van der Waals surface area contributed by atoms with Crippen molar-refractivity contribution in [1.29, 1.82) is 0 Å². The number of benzene rings is 1. The molecule has 7 nitrogen and oxygen atoms in total. The molecule has 0 N–H and O–H groups in total. The first-order chi connectivity index (χ1) is 14.2. The number of nitrogens with zero attached hydrogens (tertiary/aromatic N) is 5. The number of hydrogen-bond acceptors (Lipinski definition) is 5. The third-order valence-corrected chi connectivity index (χ3v) is 7.54. The molecule has 1 unspecified atom stereocenters. The summed E-state index contributed by atoms with van der Waals surface area (Å²) in [6.45, 7) is 2.75. The van der Waals surface area contributed by atoms with Crippen molar-refractivity contribution < 1.29 is 21.6 Å². The van der Waals surface area contributed by atoms with Gasteiger partial charge in [-0.15, -0.1) is 5.10 Å². The summed E-state index contributed by atoms with van der Waals surface area (Å²) in [6, 6.07) is 4.88. The number of alkyl halides is 3. The van der Waals surface area contributed by atoms with Gasteiger partial charge in [-0.05, 0) is 43.6 Å². The molecule has 0 amide bonds. The molecule has 2 aliphatic rings. The molecule has 2 aromatic rings. The molecule has 164 valence electrons. The minimum atomic E-state index is -4.37. The Morgan fingerprint density at radius 1 is 1.03 bits per heavy atom. The largest absolute Gasteiger partial charge is 0.416 e. The molecule has 11 heteroatoms. The summed E-state index contributed by atoms with van der Waals surface area (Å²) in [5.74, 6) is 0.132. The Labute approximate surface area is 173 Å². The van der Waals surface area contributed by atoms with E-state index in [4.69, 9.17) is 0 Å². The van der Waals surface area contributed by atoms with E-state index in [1.165, 1.54) is 27.5 Å². The number of rotatable bonds is 5. The number of piperidine rings is 1. The van der Waals surface area contributed by atoms with Crippen LogP contribution in [0, 0.1) is 0 Å². The van der Waals surface area contributed by atoms with E-state index in [1.807, 2.05) is 0 Å². The Bertz CT molecular complexity index is 969. The fourth-order valence-electron chi connectivity index (χ4n) is 4.07. The smallest absolute Gasteiger partial charge is 0.298 e. The predicted octanol–water partition coefficient (Wildman–Crippen LogP) is 2.35. The van der Waals surface area contributed by atoms with Gasteiger partial charge in [-0.2, -0.15) is 17.5 Å².